The molecule has 1 atom stereocenters. The van der Waals surface area contributed by atoms with Crippen molar-refractivity contribution in [1.82, 2.24) is 0 Å². The first kappa shape index (κ1) is 18.2. The van der Waals surface area contributed by atoms with Gasteiger partial charge < -0.3 is 23.1 Å². The van der Waals surface area contributed by atoms with Crippen molar-refractivity contribution in [2.45, 2.75) is 38.3 Å². The molecule has 0 aliphatic heterocycles. The molecule has 1 unspecified atom stereocenters. The molecule has 2 N–H and O–H groups in total. The van der Waals surface area contributed by atoms with Crippen LogP contribution in [0.2, 0.25) is 0 Å². The average Bonchev–Trinajstić information content (AvgIpc) is 2.30. The predicted molar refractivity (Wildman–Crippen MR) is 67.8 cm³/mol. The summed E-state index contributed by atoms with van der Waals surface area (Å²) in [6.45, 7) is 3.64. The van der Waals surface area contributed by atoms with E-state index in [9.17, 15) is 4.57 Å². The Hall–Kier alpha value is 0.207. The third-order valence-electron chi connectivity index (χ3n) is 2.88. The Bertz CT molecular complexity index is 282. The van der Waals surface area contributed by atoms with Gasteiger partial charge in [-0.3, -0.25) is 4.52 Å². The summed E-state index contributed by atoms with van der Waals surface area (Å²) in [6, 6.07) is 0. The summed E-state index contributed by atoms with van der Waals surface area (Å²) in [7, 11) is -3.84. The van der Waals surface area contributed by atoms with Crippen molar-refractivity contribution in [3.8, 4) is 0 Å². The number of phosphoric acid groups is 1. The Balaban J connectivity index is 5.60. The van der Waals surface area contributed by atoms with Gasteiger partial charge in [-0.25, -0.2) is 4.57 Å². The quantitative estimate of drug-likeness (QED) is 0.492. The lowest BCUT2D eigenvalue weighted by molar-refractivity contribution is -0.0125. The van der Waals surface area contributed by atoms with Crippen molar-refractivity contribution in [2.24, 2.45) is 0 Å². The van der Waals surface area contributed by atoms with E-state index >= 15 is 0 Å². The molecule has 0 aromatic heterocycles. The zero-order valence-electron chi connectivity index (χ0n) is 11.5. The van der Waals surface area contributed by atoms with Crippen LogP contribution >= 0.6 is 7.82 Å². The van der Waals surface area contributed by atoms with Gasteiger partial charge in [-0.05, 0) is 12.8 Å². The molecule has 0 saturated heterocycles. The van der Waals surface area contributed by atoms with Gasteiger partial charge in [0, 0.05) is 21.3 Å². The highest BCUT2D eigenvalue weighted by atomic mass is 31.2. The molecular formula is C9H23O7PSi. The molecule has 0 heterocycles. The monoisotopic (exact) mass is 302 g/mol. The summed E-state index contributed by atoms with van der Waals surface area (Å²) in [5.41, 5.74) is 0. The summed E-state index contributed by atoms with van der Waals surface area (Å²) < 4.78 is 32.2. The number of phosphoric ester groups is 1. The molecule has 0 fully saturated rings. The van der Waals surface area contributed by atoms with E-state index < -0.39 is 21.9 Å². The van der Waals surface area contributed by atoms with E-state index in [4.69, 9.17) is 27.6 Å². The Morgan fingerprint density at radius 2 is 1.56 bits per heavy atom. The van der Waals surface area contributed by atoms with Gasteiger partial charge in [-0.1, -0.05) is 20.3 Å². The van der Waals surface area contributed by atoms with E-state index in [1.54, 1.807) is 6.92 Å². The molecule has 0 saturated carbocycles. The lowest BCUT2D eigenvalue weighted by atomic mass is 10.1. The summed E-state index contributed by atoms with van der Waals surface area (Å²) in [5.74, 6) is 0. The molecule has 0 aromatic rings. The fraction of sp³-hybridized carbons (Fsp3) is 1.00. The number of hydrogen-bond acceptors (Lipinski definition) is 5. The second-order valence-electron chi connectivity index (χ2n) is 3.85. The van der Waals surface area contributed by atoms with E-state index in [-0.39, 0.29) is 0 Å². The molecule has 0 amide bonds. The predicted octanol–water partition coefficient (Wildman–Crippen LogP) is 1.46. The maximum Gasteiger partial charge on any atom is 0.534 e. The van der Waals surface area contributed by atoms with Gasteiger partial charge in [0.1, 0.15) is 5.22 Å². The molecule has 0 radical (unpaired) electrons. The Morgan fingerprint density at radius 3 is 1.78 bits per heavy atom. The number of hydrogen-bond donors (Lipinski definition) is 2. The van der Waals surface area contributed by atoms with Gasteiger partial charge in [0.25, 0.3) is 0 Å². The van der Waals surface area contributed by atoms with Crippen molar-refractivity contribution in [3.05, 3.63) is 0 Å². The lowest BCUT2D eigenvalue weighted by Gasteiger charge is -2.42. The van der Waals surface area contributed by atoms with E-state index in [0.717, 1.165) is 0 Å². The molecule has 0 spiro atoms. The molecule has 110 valence electrons. The largest absolute Gasteiger partial charge is 0.534 e. The Morgan fingerprint density at radius 1 is 1.11 bits per heavy atom. The second kappa shape index (κ2) is 7.11. The van der Waals surface area contributed by atoms with Gasteiger partial charge in [-0.2, -0.15) is 0 Å². The molecule has 9 heteroatoms. The number of rotatable bonds is 9. The molecule has 18 heavy (non-hydrogen) atoms. The van der Waals surface area contributed by atoms with Gasteiger partial charge in [0.15, 0.2) is 0 Å². The maximum atomic E-state index is 11.2. The van der Waals surface area contributed by atoms with Crippen LogP contribution in [-0.2, 0) is 22.4 Å². The third-order valence-corrected chi connectivity index (χ3v) is 7.08. The van der Waals surface area contributed by atoms with Crippen LogP contribution in [0.25, 0.3) is 0 Å². The van der Waals surface area contributed by atoms with E-state index in [0.29, 0.717) is 19.3 Å². The minimum atomic E-state index is -4.67. The minimum absolute atomic E-state index is 0.313. The molecular weight excluding hydrogens is 279 g/mol. The van der Waals surface area contributed by atoms with Crippen LogP contribution in [0.4, 0.5) is 0 Å². The first-order valence-corrected chi connectivity index (χ1v) is 8.93. The fourth-order valence-electron chi connectivity index (χ4n) is 2.15. The average molecular weight is 302 g/mol. The molecule has 0 rings (SSSR count). The highest BCUT2D eigenvalue weighted by molar-refractivity contribution is 7.46. The van der Waals surface area contributed by atoms with Crippen molar-refractivity contribution in [3.63, 3.8) is 0 Å². The summed E-state index contributed by atoms with van der Waals surface area (Å²) >= 11 is 0. The highest BCUT2D eigenvalue weighted by Crippen LogP contribution is 2.48. The van der Waals surface area contributed by atoms with Gasteiger partial charge in [-0.15, -0.1) is 0 Å². The van der Waals surface area contributed by atoms with Crippen LogP contribution in [-0.4, -0.2) is 45.1 Å². The molecule has 0 aromatic carbocycles. The van der Waals surface area contributed by atoms with Gasteiger partial charge >= 0.3 is 16.6 Å². The van der Waals surface area contributed by atoms with Crippen LogP contribution in [0, 0.1) is 0 Å². The van der Waals surface area contributed by atoms with E-state index in [1.807, 2.05) is 6.92 Å². The zero-order chi connectivity index (χ0) is 14.4. The van der Waals surface area contributed by atoms with Crippen molar-refractivity contribution in [1.29, 1.82) is 0 Å². The zero-order valence-corrected chi connectivity index (χ0v) is 13.4. The van der Waals surface area contributed by atoms with Crippen molar-refractivity contribution < 1.29 is 32.2 Å². The van der Waals surface area contributed by atoms with E-state index in [2.05, 4.69) is 0 Å². The summed E-state index contributed by atoms with van der Waals surface area (Å²) in [6.07, 6.45) is 1.34. The third kappa shape index (κ3) is 3.85. The minimum Gasteiger partial charge on any atom is -0.375 e. The normalized spacial score (nSPS) is 16.6. The highest BCUT2D eigenvalue weighted by Gasteiger charge is 2.62. The van der Waals surface area contributed by atoms with Crippen LogP contribution in [0.5, 0.6) is 0 Å². The van der Waals surface area contributed by atoms with Crippen LogP contribution in [0.1, 0.15) is 33.1 Å². The second-order valence-corrected chi connectivity index (χ2v) is 8.26. The smallest absolute Gasteiger partial charge is 0.375 e. The first-order chi connectivity index (χ1) is 8.26. The topological polar surface area (TPSA) is 94.5 Å². The van der Waals surface area contributed by atoms with Crippen LogP contribution in [0.3, 0.4) is 0 Å². The fourth-order valence-corrected chi connectivity index (χ4v) is 6.24. The van der Waals surface area contributed by atoms with E-state index in [1.165, 1.54) is 21.3 Å². The van der Waals surface area contributed by atoms with Crippen molar-refractivity contribution >= 4 is 16.6 Å². The Kier molecular flexibility index (Phi) is 7.19. The Labute approximate surface area is 109 Å². The molecule has 7 nitrogen and oxygen atoms in total. The first-order valence-electron chi connectivity index (χ1n) is 5.68. The van der Waals surface area contributed by atoms with Gasteiger partial charge in [0.2, 0.25) is 0 Å². The van der Waals surface area contributed by atoms with Gasteiger partial charge in [0.05, 0.1) is 0 Å². The molecule has 0 aliphatic rings. The summed E-state index contributed by atoms with van der Waals surface area (Å²) in [4.78, 5) is 18.2. The maximum absolute atomic E-state index is 11.2. The lowest BCUT2D eigenvalue weighted by Crippen LogP contribution is -2.64. The summed E-state index contributed by atoms with van der Waals surface area (Å²) in [5, 5.41) is -1.25. The SMILES string of the molecule is CCCC(CC)(OP(=O)(O)O)[Si](OC)(OC)OC. The van der Waals surface area contributed by atoms with Crippen molar-refractivity contribution in [2.75, 3.05) is 21.3 Å². The van der Waals surface area contributed by atoms with Crippen LogP contribution < -0.4 is 0 Å². The molecule has 0 bridgehead atoms. The van der Waals surface area contributed by atoms with Crippen LogP contribution in [0.15, 0.2) is 0 Å². The molecule has 0 aliphatic carbocycles. The standard InChI is InChI=1S/C9H23O7PSi/c1-6-8-9(7-2,16-17(10,11)12)18(13-3,14-4)15-5/h6-8H2,1-5H3,(H2,10,11,12).